The average Bonchev–Trinajstić information content (AvgIpc) is 3.32. The van der Waals surface area contributed by atoms with Crippen LogP contribution in [0.15, 0.2) is 11.6 Å². The van der Waals surface area contributed by atoms with Gasteiger partial charge in [0.25, 0.3) is 0 Å². The van der Waals surface area contributed by atoms with Gasteiger partial charge in [0.05, 0.1) is 23.7 Å². The molecule has 4 saturated carbocycles. The Bertz CT molecular complexity index is 897. The second-order valence-corrected chi connectivity index (χ2v) is 14.2. The second-order valence-electron chi connectivity index (χ2n) is 14.2. The summed E-state index contributed by atoms with van der Waals surface area (Å²) < 4.78 is 0. The lowest BCUT2D eigenvalue weighted by molar-refractivity contribution is -0.188. The highest BCUT2D eigenvalue weighted by molar-refractivity contribution is 5.76. The van der Waals surface area contributed by atoms with Crippen LogP contribution in [0.5, 0.6) is 0 Å². The number of aliphatic carboxylic acids is 1. The summed E-state index contributed by atoms with van der Waals surface area (Å²) in [5.41, 5.74) is -0.126. The molecule has 35 heavy (non-hydrogen) atoms. The normalized spacial score (nSPS) is 52.7. The van der Waals surface area contributed by atoms with Crippen molar-refractivity contribution in [2.24, 2.45) is 63.6 Å². The molecule has 0 aliphatic heterocycles. The van der Waals surface area contributed by atoms with Crippen LogP contribution in [0.25, 0.3) is 0 Å². The fourth-order valence-electron chi connectivity index (χ4n) is 10.4. The summed E-state index contributed by atoms with van der Waals surface area (Å²) in [5, 5.41) is 44.0. The molecule has 198 valence electrons. The number of rotatable bonds is 5. The van der Waals surface area contributed by atoms with E-state index < -0.39 is 35.1 Å². The SMILES string of the molecule is CC(C)[C@@H](C)[C@@]1(C)C[C@@H]1[C@@H](C)[C@H]1CC[C@H]2[C@@H]3CC=C4C[C@@H](O)C[C@H](O)[C@]4(C)[C@@H]3[C@H](O)C[C@]12C(=O)O. The molecule has 5 heteroatoms. The van der Waals surface area contributed by atoms with Crippen LogP contribution < -0.4 is 0 Å². The van der Waals surface area contributed by atoms with Crippen LogP contribution in [-0.2, 0) is 4.79 Å². The number of aliphatic hydroxyl groups is 3. The van der Waals surface area contributed by atoms with Crippen molar-refractivity contribution < 1.29 is 25.2 Å². The van der Waals surface area contributed by atoms with Gasteiger partial charge in [-0.3, -0.25) is 4.79 Å². The summed E-state index contributed by atoms with van der Waals surface area (Å²) in [6.45, 7) is 13.7. The minimum atomic E-state index is -0.884. The maximum atomic E-state index is 13.2. The largest absolute Gasteiger partial charge is 0.481 e. The predicted molar refractivity (Wildman–Crippen MR) is 135 cm³/mol. The van der Waals surface area contributed by atoms with E-state index in [1.165, 1.54) is 6.42 Å². The number of carboxylic acid groups (broad SMARTS) is 1. The van der Waals surface area contributed by atoms with Crippen LogP contribution in [-0.4, -0.2) is 44.7 Å². The molecule has 0 aromatic rings. The van der Waals surface area contributed by atoms with Gasteiger partial charge in [-0.2, -0.15) is 0 Å². The van der Waals surface area contributed by atoms with Crippen molar-refractivity contribution in [2.75, 3.05) is 0 Å². The van der Waals surface area contributed by atoms with E-state index in [0.29, 0.717) is 42.9 Å². The lowest BCUT2D eigenvalue weighted by Gasteiger charge is -2.60. The van der Waals surface area contributed by atoms with Crippen LogP contribution in [0, 0.1) is 63.6 Å². The van der Waals surface area contributed by atoms with E-state index in [9.17, 15) is 25.2 Å². The van der Waals surface area contributed by atoms with Crippen molar-refractivity contribution in [1.29, 1.82) is 0 Å². The number of carbonyl (C=O) groups is 1. The fraction of sp³-hybridized carbons (Fsp3) is 0.900. The predicted octanol–water partition coefficient (Wildman–Crippen LogP) is 4.89. The van der Waals surface area contributed by atoms with E-state index >= 15 is 0 Å². The summed E-state index contributed by atoms with van der Waals surface area (Å²) in [7, 11) is 0. The van der Waals surface area contributed by atoms with E-state index in [4.69, 9.17) is 0 Å². The Labute approximate surface area is 211 Å². The van der Waals surface area contributed by atoms with Gasteiger partial charge >= 0.3 is 5.97 Å². The summed E-state index contributed by atoms with van der Waals surface area (Å²) in [6, 6.07) is 0. The second kappa shape index (κ2) is 8.30. The Morgan fingerprint density at radius 3 is 2.34 bits per heavy atom. The highest BCUT2D eigenvalue weighted by atomic mass is 16.4. The number of hydrogen-bond acceptors (Lipinski definition) is 4. The van der Waals surface area contributed by atoms with Crippen molar-refractivity contribution >= 4 is 5.97 Å². The maximum Gasteiger partial charge on any atom is 0.310 e. The summed E-state index contributed by atoms with van der Waals surface area (Å²) >= 11 is 0. The molecule has 13 atom stereocenters. The van der Waals surface area contributed by atoms with Crippen molar-refractivity contribution in [2.45, 2.75) is 105 Å². The van der Waals surface area contributed by atoms with E-state index in [0.717, 1.165) is 24.8 Å². The summed E-state index contributed by atoms with van der Waals surface area (Å²) in [4.78, 5) is 13.2. The molecule has 5 aliphatic carbocycles. The van der Waals surface area contributed by atoms with Gasteiger partial charge in [0.15, 0.2) is 0 Å². The Hall–Kier alpha value is -0.910. The topological polar surface area (TPSA) is 98.0 Å². The molecule has 5 nitrogen and oxygen atoms in total. The highest BCUT2D eigenvalue weighted by Gasteiger charge is 2.70. The average molecular weight is 489 g/mol. The van der Waals surface area contributed by atoms with Gasteiger partial charge in [-0.15, -0.1) is 0 Å². The first-order chi connectivity index (χ1) is 16.3. The molecular formula is C30H48O5. The fourth-order valence-corrected chi connectivity index (χ4v) is 10.4. The first-order valence-corrected chi connectivity index (χ1v) is 14.3. The molecule has 5 aliphatic rings. The van der Waals surface area contributed by atoms with Gasteiger partial charge in [-0.25, -0.2) is 0 Å². The van der Waals surface area contributed by atoms with Gasteiger partial charge < -0.3 is 20.4 Å². The molecule has 4 N–H and O–H groups in total. The highest BCUT2D eigenvalue weighted by Crippen LogP contribution is 2.71. The number of hydrogen-bond donors (Lipinski definition) is 4. The molecule has 0 aromatic carbocycles. The molecule has 4 fully saturated rings. The first-order valence-electron chi connectivity index (χ1n) is 14.3. The maximum absolute atomic E-state index is 13.2. The zero-order valence-electron chi connectivity index (χ0n) is 22.6. The Kier molecular flexibility index (Phi) is 6.10. The van der Waals surface area contributed by atoms with Gasteiger partial charge in [-0.1, -0.05) is 53.2 Å². The Balaban J connectivity index is 1.48. The zero-order chi connectivity index (χ0) is 25.7. The summed E-state index contributed by atoms with van der Waals surface area (Å²) in [6.07, 6.45) is 5.09. The van der Waals surface area contributed by atoms with Crippen LogP contribution in [0.4, 0.5) is 0 Å². The Morgan fingerprint density at radius 2 is 1.71 bits per heavy atom. The number of carboxylic acids is 1. The quantitative estimate of drug-likeness (QED) is 0.413. The first kappa shape index (κ1) is 25.7. The molecular weight excluding hydrogens is 440 g/mol. The smallest absolute Gasteiger partial charge is 0.310 e. The van der Waals surface area contributed by atoms with Gasteiger partial charge in [0.1, 0.15) is 0 Å². The Morgan fingerprint density at radius 1 is 1.03 bits per heavy atom. The summed E-state index contributed by atoms with van der Waals surface area (Å²) in [5.74, 6) is 1.41. The number of fused-ring (bicyclic) bond motifs is 5. The lowest BCUT2D eigenvalue weighted by Crippen LogP contribution is -2.62. The third-order valence-electron chi connectivity index (χ3n) is 12.8. The van der Waals surface area contributed by atoms with E-state index in [2.05, 4.69) is 47.6 Å². The molecule has 0 spiro atoms. The van der Waals surface area contributed by atoms with E-state index in [-0.39, 0.29) is 29.1 Å². The zero-order valence-corrected chi connectivity index (χ0v) is 22.6. The van der Waals surface area contributed by atoms with Crippen molar-refractivity contribution in [3.05, 3.63) is 11.6 Å². The number of aliphatic hydroxyl groups excluding tert-OH is 3. The van der Waals surface area contributed by atoms with Crippen LogP contribution in [0.2, 0.25) is 0 Å². The third-order valence-corrected chi connectivity index (χ3v) is 12.8. The molecule has 0 saturated heterocycles. The van der Waals surface area contributed by atoms with Crippen LogP contribution >= 0.6 is 0 Å². The minimum Gasteiger partial charge on any atom is -0.481 e. The van der Waals surface area contributed by atoms with Gasteiger partial charge in [-0.05, 0) is 91.3 Å². The van der Waals surface area contributed by atoms with Crippen LogP contribution in [0.1, 0.15) is 86.5 Å². The third kappa shape index (κ3) is 3.39. The van der Waals surface area contributed by atoms with E-state index in [1.54, 1.807) is 0 Å². The molecule has 0 unspecified atom stereocenters. The van der Waals surface area contributed by atoms with Crippen molar-refractivity contribution in [3.63, 3.8) is 0 Å². The molecule has 0 aromatic heterocycles. The molecule has 0 heterocycles. The molecule has 0 amide bonds. The molecule has 0 bridgehead atoms. The molecule has 5 rings (SSSR count). The van der Waals surface area contributed by atoms with E-state index in [1.807, 2.05) is 0 Å². The van der Waals surface area contributed by atoms with Crippen molar-refractivity contribution in [3.8, 4) is 0 Å². The lowest BCUT2D eigenvalue weighted by atomic mass is 9.45. The van der Waals surface area contributed by atoms with Gasteiger partial charge in [0, 0.05) is 11.8 Å². The number of allylic oxidation sites excluding steroid dienone is 1. The monoisotopic (exact) mass is 488 g/mol. The molecule has 0 radical (unpaired) electrons. The standard InChI is InChI=1S/C30H48O5/c1-15(2)17(4)28(5)13-23(28)16(3)21-9-10-22-20-8-7-18-11-19(31)12-25(33)29(18,6)26(20)24(32)14-30(21,22)27(34)35/h7,15-17,19-26,31-33H,8-14H2,1-6H3,(H,34,35)/t16-,17+,19+,20-,21+,22-,23+,24+,25-,26-,28+,29+,30-/m0/s1. The van der Waals surface area contributed by atoms with Gasteiger partial charge in [0.2, 0.25) is 0 Å². The van der Waals surface area contributed by atoms with Crippen molar-refractivity contribution in [1.82, 2.24) is 0 Å². The van der Waals surface area contributed by atoms with Crippen LogP contribution in [0.3, 0.4) is 0 Å². The minimum absolute atomic E-state index is 0.0297.